The molecule has 1 N–H and O–H groups in total. The van der Waals surface area contributed by atoms with E-state index in [1.165, 1.54) is 5.56 Å². The van der Waals surface area contributed by atoms with Crippen molar-refractivity contribution in [2.24, 2.45) is 0 Å². The van der Waals surface area contributed by atoms with Crippen LogP contribution in [-0.2, 0) is 0 Å². The van der Waals surface area contributed by atoms with E-state index in [9.17, 15) is 0 Å². The lowest BCUT2D eigenvalue weighted by Gasteiger charge is -2.12. The van der Waals surface area contributed by atoms with Gasteiger partial charge in [-0.05, 0) is 25.1 Å². The molecule has 2 heteroatoms. The molecule has 0 saturated carbocycles. The van der Waals surface area contributed by atoms with E-state index in [-0.39, 0.29) is 0 Å². The maximum absolute atomic E-state index is 4.06. The Balaban J connectivity index is 2.74. The summed E-state index contributed by atoms with van der Waals surface area (Å²) in [6.07, 6.45) is 4.80. The van der Waals surface area contributed by atoms with Crippen molar-refractivity contribution in [2.45, 2.75) is 19.4 Å². The average Bonchev–Trinajstić information content (AvgIpc) is 2.09. The molecule has 0 fully saturated rings. The van der Waals surface area contributed by atoms with Crippen LogP contribution >= 0.6 is 0 Å². The first kappa shape index (κ1) is 8.21. The summed E-state index contributed by atoms with van der Waals surface area (Å²) in [5.74, 6) is 0. The Morgan fingerprint density at radius 2 is 2.45 bits per heavy atom. The molecule has 1 aromatic rings. The summed E-state index contributed by atoms with van der Waals surface area (Å²) in [5, 5.41) is 3.23. The fourth-order valence-electron chi connectivity index (χ4n) is 1.19. The number of pyridine rings is 1. The normalized spacial score (nSPS) is 12.9. The molecule has 0 radical (unpaired) electrons. The lowest BCUT2D eigenvalue weighted by atomic mass is 10.1. The lowest BCUT2D eigenvalue weighted by Crippen LogP contribution is -2.15. The Hall–Kier alpha value is -0.890. The molecule has 0 bridgehead atoms. The highest BCUT2D eigenvalue weighted by atomic mass is 14.9. The first-order valence-electron chi connectivity index (χ1n) is 3.95. The van der Waals surface area contributed by atoms with Crippen LogP contribution in [0.15, 0.2) is 24.5 Å². The summed E-state index contributed by atoms with van der Waals surface area (Å²) < 4.78 is 0. The number of nitrogens with zero attached hydrogens (tertiary/aromatic N) is 1. The standard InChI is InChI=1S/C9H14N2/c1-3-9(10-2)8-5-4-6-11-7-8/h4-7,9-10H,3H2,1-2H3/t9-/m0/s1. The zero-order valence-corrected chi connectivity index (χ0v) is 7.04. The van der Waals surface area contributed by atoms with Crippen LogP contribution in [-0.4, -0.2) is 12.0 Å². The maximum Gasteiger partial charge on any atom is 0.0330 e. The topological polar surface area (TPSA) is 24.9 Å². The second kappa shape index (κ2) is 4.09. The van der Waals surface area contributed by atoms with E-state index in [4.69, 9.17) is 0 Å². The second-order valence-electron chi connectivity index (χ2n) is 2.54. The van der Waals surface area contributed by atoms with Crippen LogP contribution < -0.4 is 5.32 Å². The second-order valence-corrected chi connectivity index (χ2v) is 2.54. The summed E-state index contributed by atoms with van der Waals surface area (Å²) in [6.45, 7) is 2.16. The number of rotatable bonds is 3. The van der Waals surface area contributed by atoms with Gasteiger partial charge in [-0.25, -0.2) is 0 Å². The van der Waals surface area contributed by atoms with Crippen molar-refractivity contribution in [1.82, 2.24) is 10.3 Å². The fourth-order valence-corrected chi connectivity index (χ4v) is 1.19. The minimum atomic E-state index is 0.448. The Labute approximate surface area is 67.7 Å². The van der Waals surface area contributed by atoms with Crippen LogP contribution in [0.2, 0.25) is 0 Å². The zero-order valence-electron chi connectivity index (χ0n) is 7.04. The van der Waals surface area contributed by atoms with Gasteiger partial charge in [0.05, 0.1) is 0 Å². The van der Waals surface area contributed by atoms with Crippen molar-refractivity contribution in [1.29, 1.82) is 0 Å². The molecule has 0 aliphatic carbocycles. The first-order chi connectivity index (χ1) is 5.38. The Kier molecular flexibility index (Phi) is 3.05. The third-order valence-electron chi connectivity index (χ3n) is 1.84. The van der Waals surface area contributed by atoms with Crippen molar-refractivity contribution in [3.05, 3.63) is 30.1 Å². The number of hydrogen-bond acceptors (Lipinski definition) is 2. The van der Waals surface area contributed by atoms with E-state index in [0.29, 0.717) is 6.04 Å². The molecule has 11 heavy (non-hydrogen) atoms. The van der Waals surface area contributed by atoms with Crippen LogP contribution in [0.3, 0.4) is 0 Å². The van der Waals surface area contributed by atoms with Gasteiger partial charge in [-0.3, -0.25) is 4.98 Å². The molecule has 0 aliphatic heterocycles. The van der Waals surface area contributed by atoms with E-state index < -0.39 is 0 Å². The first-order valence-corrected chi connectivity index (χ1v) is 3.95. The van der Waals surface area contributed by atoms with Crippen LogP contribution in [0.1, 0.15) is 24.9 Å². The van der Waals surface area contributed by atoms with Gasteiger partial charge < -0.3 is 5.32 Å². The molecule has 0 spiro atoms. The molecular formula is C9H14N2. The van der Waals surface area contributed by atoms with Gasteiger partial charge in [0.25, 0.3) is 0 Å². The highest BCUT2D eigenvalue weighted by molar-refractivity contribution is 5.13. The van der Waals surface area contributed by atoms with Gasteiger partial charge in [-0.15, -0.1) is 0 Å². The Morgan fingerprint density at radius 1 is 1.64 bits per heavy atom. The van der Waals surface area contributed by atoms with Gasteiger partial charge >= 0.3 is 0 Å². The minimum Gasteiger partial charge on any atom is -0.313 e. The van der Waals surface area contributed by atoms with Crippen molar-refractivity contribution in [3.8, 4) is 0 Å². The van der Waals surface area contributed by atoms with E-state index in [2.05, 4.69) is 23.3 Å². The van der Waals surface area contributed by atoms with Crippen molar-refractivity contribution < 1.29 is 0 Å². The molecule has 60 valence electrons. The molecule has 2 nitrogen and oxygen atoms in total. The summed E-state index contributed by atoms with van der Waals surface area (Å²) in [6, 6.07) is 4.51. The van der Waals surface area contributed by atoms with E-state index in [1.54, 1.807) is 6.20 Å². The molecule has 1 heterocycles. The van der Waals surface area contributed by atoms with Crippen LogP contribution in [0.5, 0.6) is 0 Å². The van der Waals surface area contributed by atoms with E-state index in [0.717, 1.165) is 6.42 Å². The van der Waals surface area contributed by atoms with Crippen LogP contribution in [0.25, 0.3) is 0 Å². The van der Waals surface area contributed by atoms with Gasteiger partial charge in [0, 0.05) is 18.4 Å². The third-order valence-corrected chi connectivity index (χ3v) is 1.84. The third kappa shape index (κ3) is 2.02. The summed E-state index contributed by atoms with van der Waals surface area (Å²) in [7, 11) is 1.97. The average molecular weight is 150 g/mol. The van der Waals surface area contributed by atoms with Gasteiger partial charge in [0.1, 0.15) is 0 Å². The number of nitrogens with one attached hydrogen (secondary N) is 1. The molecule has 0 aromatic carbocycles. The van der Waals surface area contributed by atoms with E-state index >= 15 is 0 Å². The van der Waals surface area contributed by atoms with Gasteiger partial charge in [-0.2, -0.15) is 0 Å². The SMILES string of the molecule is CC[C@H](NC)c1cccnc1. The quantitative estimate of drug-likeness (QED) is 0.710. The molecular weight excluding hydrogens is 136 g/mol. The van der Waals surface area contributed by atoms with Gasteiger partial charge in [0.15, 0.2) is 0 Å². The predicted octanol–water partition coefficient (Wildman–Crippen LogP) is 1.75. The van der Waals surface area contributed by atoms with Gasteiger partial charge in [0.2, 0.25) is 0 Å². The van der Waals surface area contributed by atoms with Crippen molar-refractivity contribution in [2.75, 3.05) is 7.05 Å². The van der Waals surface area contributed by atoms with Crippen LogP contribution in [0, 0.1) is 0 Å². The van der Waals surface area contributed by atoms with Crippen molar-refractivity contribution >= 4 is 0 Å². The Morgan fingerprint density at radius 3 is 2.91 bits per heavy atom. The molecule has 0 unspecified atom stereocenters. The maximum atomic E-state index is 4.06. The molecule has 1 rings (SSSR count). The highest BCUT2D eigenvalue weighted by Gasteiger charge is 2.03. The Bertz CT molecular complexity index is 192. The van der Waals surface area contributed by atoms with E-state index in [1.807, 2.05) is 19.3 Å². The largest absolute Gasteiger partial charge is 0.313 e. The summed E-state index contributed by atoms with van der Waals surface area (Å²) in [5.41, 5.74) is 1.26. The summed E-state index contributed by atoms with van der Waals surface area (Å²) in [4.78, 5) is 4.06. The zero-order chi connectivity index (χ0) is 8.10. The highest BCUT2D eigenvalue weighted by Crippen LogP contribution is 2.13. The van der Waals surface area contributed by atoms with Crippen LogP contribution in [0.4, 0.5) is 0 Å². The number of hydrogen-bond donors (Lipinski definition) is 1. The smallest absolute Gasteiger partial charge is 0.0330 e. The molecule has 0 aliphatic rings. The predicted molar refractivity (Wildman–Crippen MR) is 46.3 cm³/mol. The van der Waals surface area contributed by atoms with Crippen molar-refractivity contribution in [3.63, 3.8) is 0 Å². The molecule has 0 amide bonds. The van der Waals surface area contributed by atoms with Gasteiger partial charge in [-0.1, -0.05) is 13.0 Å². The minimum absolute atomic E-state index is 0.448. The molecule has 1 atom stereocenters. The molecule has 0 saturated heterocycles. The monoisotopic (exact) mass is 150 g/mol. The molecule has 1 aromatic heterocycles. The number of aromatic nitrogens is 1. The summed E-state index contributed by atoms with van der Waals surface area (Å²) >= 11 is 0. The fraction of sp³-hybridized carbons (Fsp3) is 0.444. The lowest BCUT2D eigenvalue weighted by molar-refractivity contribution is 0.575.